The normalized spacial score (nSPS) is 10.2. The Morgan fingerprint density at radius 3 is 2.24 bits per heavy atom. The minimum absolute atomic E-state index is 0.251. The van der Waals surface area contributed by atoms with Gasteiger partial charge in [-0.05, 0) is 12.1 Å². The van der Waals surface area contributed by atoms with Crippen LogP contribution in [0.15, 0.2) is 48.7 Å². The molecule has 0 aliphatic rings. The van der Waals surface area contributed by atoms with Crippen molar-refractivity contribution in [3.8, 4) is 11.8 Å². The lowest BCUT2D eigenvalue weighted by atomic mass is 10.1. The van der Waals surface area contributed by atoms with Gasteiger partial charge in [-0.15, -0.1) is 0 Å². The van der Waals surface area contributed by atoms with E-state index in [1.807, 2.05) is 24.3 Å². The van der Waals surface area contributed by atoms with E-state index in [2.05, 4.69) is 16.8 Å². The second-order valence-electron chi connectivity index (χ2n) is 4.45. The summed E-state index contributed by atoms with van der Waals surface area (Å²) >= 11 is 0. The lowest BCUT2D eigenvalue weighted by molar-refractivity contribution is 0.577. The molecule has 2 aromatic carbocycles. The Bertz CT molecular complexity index is 872. The summed E-state index contributed by atoms with van der Waals surface area (Å²) in [6.45, 7) is 0. The van der Waals surface area contributed by atoms with E-state index in [4.69, 9.17) is 5.73 Å². The molecule has 0 saturated heterocycles. The highest BCUT2D eigenvalue weighted by atomic mass is 19.1. The van der Waals surface area contributed by atoms with E-state index < -0.39 is 11.6 Å². The Kier molecular flexibility index (Phi) is 3.25. The molecule has 0 bridgehead atoms. The summed E-state index contributed by atoms with van der Waals surface area (Å²) in [5.74, 6) is 4.32. The lowest BCUT2D eigenvalue weighted by Crippen LogP contribution is -1.93. The zero-order valence-corrected chi connectivity index (χ0v) is 10.9. The van der Waals surface area contributed by atoms with Gasteiger partial charge in [-0.25, -0.2) is 13.8 Å². The number of rotatable bonds is 0. The number of nitrogens with zero attached hydrogens (tertiary/aromatic N) is 1. The van der Waals surface area contributed by atoms with E-state index in [0.717, 1.165) is 10.8 Å². The van der Waals surface area contributed by atoms with Crippen LogP contribution in [0.25, 0.3) is 10.8 Å². The van der Waals surface area contributed by atoms with Gasteiger partial charge in [-0.2, -0.15) is 0 Å². The number of pyridine rings is 1. The Morgan fingerprint density at radius 2 is 1.52 bits per heavy atom. The summed E-state index contributed by atoms with van der Waals surface area (Å²) in [4.78, 5) is 4.05. The average Bonchev–Trinajstić information content (AvgIpc) is 2.49. The molecular weight excluding hydrogens is 270 g/mol. The molecule has 2 N–H and O–H groups in total. The quantitative estimate of drug-likeness (QED) is 0.640. The molecule has 0 aliphatic heterocycles. The van der Waals surface area contributed by atoms with Crippen molar-refractivity contribution >= 4 is 16.6 Å². The molecule has 0 unspecified atom stereocenters. The molecule has 3 rings (SSSR count). The van der Waals surface area contributed by atoms with E-state index >= 15 is 0 Å². The van der Waals surface area contributed by atoms with Crippen LogP contribution in [0.5, 0.6) is 0 Å². The highest BCUT2D eigenvalue weighted by Gasteiger charge is 2.06. The van der Waals surface area contributed by atoms with E-state index in [9.17, 15) is 8.78 Å². The number of halogens is 2. The summed E-state index contributed by atoms with van der Waals surface area (Å²) in [7, 11) is 0. The van der Waals surface area contributed by atoms with Crippen molar-refractivity contribution in [3.63, 3.8) is 0 Å². The van der Waals surface area contributed by atoms with Gasteiger partial charge in [0.2, 0.25) is 0 Å². The molecule has 1 heterocycles. The topological polar surface area (TPSA) is 38.9 Å². The smallest absolute Gasteiger partial charge is 0.141 e. The zero-order chi connectivity index (χ0) is 14.8. The monoisotopic (exact) mass is 280 g/mol. The van der Waals surface area contributed by atoms with Crippen LogP contribution in [-0.4, -0.2) is 4.98 Å². The molecular formula is C17H10F2N2. The highest BCUT2D eigenvalue weighted by Crippen LogP contribution is 2.21. The third kappa shape index (κ3) is 2.41. The molecule has 0 radical (unpaired) electrons. The molecule has 1 aromatic heterocycles. The van der Waals surface area contributed by atoms with E-state index in [1.54, 1.807) is 0 Å². The maximum absolute atomic E-state index is 13.6. The third-order valence-corrected chi connectivity index (χ3v) is 3.11. The van der Waals surface area contributed by atoms with Crippen molar-refractivity contribution in [1.29, 1.82) is 0 Å². The second-order valence-corrected chi connectivity index (χ2v) is 4.45. The van der Waals surface area contributed by atoms with Crippen molar-refractivity contribution < 1.29 is 8.78 Å². The summed E-state index contributed by atoms with van der Waals surface area (Å²) in [5, 5.41) is 1.56. The van der Waals surface area contributed by atoms with Crippen molar-refractivity contribution in [2.75, 3.05) is 5.73 Å². The first-order chi connectivity index (χ1) is 10.2. The number of anilines is 1. The fourth-order valence-electron chi connectivity index (χ4n) is 2.06. The molecule has 0 aliphatic carbocycles. The first kappa shape index (κ1) is 13.1. The maximum Gasteiger partial charge on any atom is 0.141 e. The van der Waals surface area contributed by atoms with Gasteiger partial charge in [-0.3, -0.25) is 0 Å². The Balaban J connectivity index is 2.16. The minimum atomic E-state index is -0.685. The largest absolute Gasteiger partial charge is 0.383 e. The Hall–Kier alpha value is -2.93. The fourth-order valence-corrected chi connectivity index (χ4v) is 2.06. The Labute approximate surface area is 120 Å². The number of hydrogen-bond donors (Lipinski definition) is 1. The van der Waals surface area contributed by atoms with Crippen molar-refractivity contribution in [2.45, 2.75) is 0 Å². The van der Waals surface area contributed by atoms with Crippen LogP contribution < -0.4 is 5.73 Å². The number of fused-ring (bicyclic) bond motifs is 1. The molecule has 0 saturated carbocycles. The van der Waals surface area contributed by atoms with Crippen molar-refractivity contribution in [2.24, 2.45) is 0 Å². The van der Waals surface area contributed by atoms with E-state index in [-0.39, 0.29) is 5.56 Å². The standard InChI is InChI=1S/C17H10F2N2/c18-15-6-3-7-16(19)14(15)9-8-11-10-21-17(20)13-5-2-1-4-12(11)13/h1-7,10H,(H2,20,21). The molecule has 3 aromatic rings. The second kappa shape index (κ2) is 5.22. The summed E-state index contributed by atoms with van der Waals surface area (Å²) in [6.07, 6.45) is 1.50. The summed E-state index contributed by atoms with van der Waals surface area (Å²) in [6, 6.07) is 11.0. The van der Waals surface area contributed by atoms with Crippen LogP contribution in [0.3, 0.4) is 0 Å². The van der Waals surface area contributed by atoms with Crippen LogP contribution >= 0.6 is 0 Å². The minimum Gasteiger partial charge on any atom is -0.383 e. The predicted octanol–water partition coefficient (Wildman–Crippen LogP) is 3.50. The third-order valence-electron chi connectivity index (χ3n) is 3.11. The average molecular weight is 280 g/mol. The molecule has 0 amide bonds. The predicted molar refractivity (Wildman–Crippen MR) is 78.5 cm³/mol. The van der Waals surface area contributed by atoms with E-state index in [1.165, 1.54) is 24.4 Å². The molecule has 2 nitrogen and oxygen atoms in total. The number of benzene rings is 2. The van der Waals surface area contributed by atoms with Gasteiger partial charge >= 0.3 is 0 Å². The molecule has 21 heavy (non-hydrogen) atoms. The molecule has 0 spiro atoms. The van der Waals surface area contributed by atoms with Crippen LogP contribution in [0.4, 0.5) is 14.6 Å². The number of nitrogens with two attached hydrogens (primary N) is 1. The fraction of sp³-hybridized carbons (Fsp3) is 0. The van der Waals surface area contributed by atoms with Crippen LogP contribution in [0, 0.1) is 23.5 Å². The molecule has 0 fully saturated rings. The van der Waals surface area contributed by atoms with Gasteiger partial charge in [0, 0.05) is 17.0 Å². The van der Waals surface area contributed by atoms with E-state index in [0.29, 0.717) is 11.4 Å². The SMILES string of the molecule is Nc1ncc(C#Cc2c(F)cccc2F)c2ccccc12. The van der Waals surface area contributed by atoms with Gasteiger partial charge < -0.3 is 5.73 Å². The number of nitrogen functional groups attached to an aromatic ring is 1. The first-order valence-electron chi connectivity index (χ1n) is 6.26. The van der Waals surface area contributed by atoms with Gasteiger partial charge in [0.05, 0.1) is 11.1 Å². The van der Waals surface area contributed by atoms with Gasteiger partial charge in [0.25, 0.3) is 0 Å². The summed E-state index contributed by atoms with van der Waals surface area (Å²) in [5.41, 5.74) is 6.12. The van der Waals surface area contributed by atoms with Gasteiger partial charge in [0.1, 0.15) is 17.5 Å². The van der Waals surface area contributed by atoms with Gasteiger partial charge in [0.15, 0.2) is 0 Å². The molecule has 102 valence electrons. The maximum atomic E-state index is 13.6. The lowest BCUT2D eigenvalue weighted by Gasteiger charge is -2.02. The molecule has 4 heteroatoms. The first-order valence-corrected chi connectivity index (χ1v) is 6.26. The number of aromatic nitrogens is 1. The Morgan fingerprint density at radius 1 is 0.857 bits per heavy atom. The summed E-state index contributed by atoms with van der Waals surface area (Å²) < 4.78 is 27.1. The van der Waals surface area contributed by atoms with Crippen molar-refractivity contribution in [1.82, 2.24) is 4.98 Å². The van der Waals surface area contributed by atoms with Crippen LogP contribution in [-0.2, 0) is 0 Å². The number of hydrogen-bond acceptors (Lipinski definition) is 2. The zero-order valence-electron chi connectivity index (χ0n) is 10.9. The van der Waals surface area contributed by atoms with Crippen LogP contribution in [0.2, 0.25) is 0 Å². The molecule has 0 atom stereocenters. The van der Waals surface area contributed by atoms with Crippen molar-refractivity contribution in [3.05, 3.63) is 71.4 Å². The highest BCUT2D eigenvalue weighted by molar-refractivity contribution is 5.94. The van der Waals surface area contributed by atoms with Crippen LogP contribution in [0.1, 0.15) is 11.1 Å². The van der Waals surface area contributed by atoms with Gasteiger partial charge in [-0.1, -0.05) is 42.2 Å².